The quantitative estimate of drug-likeness (QED) is 0.613. The molecule has 0 N–H and O–H groups in total. The van der Waals surface area contributed by atoms with Crippen molar-refractivity contribution < 1.29 is 9.18 Å². The standard InChI is InChI=1S/C14H11FN2O/c1-16-13(10-2-4-12(15)5-3-10)14(18)11-6-8-17-9-7-11/h2-9H,1H3. The van der Waals surface area contributed by atoms with Crippen molar-refractivity contribution >= 4 is 11.5 Å². The first kappa shape index (κ1) is 12.1. The van der Waals surface area contributed by atoms with Crippen LogP contribution in [0.3, 0.4) is 0 Å². The van der Waals surface area contributed by atoms with Gasteiger partial charge in [0.05, 0.1) is 0 Å². The number of hydrogen-bond donors (Lipinski definition) is 0. The second-order valence-corrected chi connectivity index (χ2v) is 3.64. The minimum absolute atomic E-state index is 0.202. The van der Waals surface area contributed by atoms with Crippen LogP contribution >= 0.6 is 0 Å². The van der Waals surface area contributed by atoms with Gasteiger partial charge in [-0.1, -0.05) is 0 Å². The molecule has 1 aromatic heterocycles. The predicted octanol–water partition coefficient (Wildman–Crippen LogP) is 2.52. The Kier molecular flexibility index (Phi) is 3.57. The number of carbonyl (C=O) groups is 1. The molecule has 0 aliphatic carbocycles. The Bertz CT molecular complexity index is 577. The van der Waals surface area contributed by atoms with E-state index in [-0.39, 0.29) is 11.6 Å². The summed E-state index contributed by atoms with van der Waals surface area (Å²) in [4.78, 5) is 20.1. The Morgan fingerprint density at radius 1 is 1.06 bits per heavy atom. The molecule has 2 aromatic rings. The summed E-state index contributed by atoms with van der Waals surface area (Å²) < 4.78 is 12.8. The van der Waals surface area contributed by atoms with Gasteiger partial charge in [0.25, 0.3) is 0 Å². The van der Waals surface area contributed by atoms with Gasteiger partial charge in [0, 0.05) is 30.6 Å². The SMILES string of the molecule is CN=C(C(=O)c1ccncc1)c1ccc(F)cc1. The number of halogens is 1. The van der Waals surface area contributed by atoms with Crippen molar-refractivity contribution in [3.63, 3.8) is 0 Å². The van der Waals surface area contributed by atoms with Gasteiger partial charge >= 0.3 is 0 Å². The van der Waals surface area contributed by atoms with Gasteiger partial charge in [-0.05, 0) is 36.4 Å². The minimum atomic E-state index is -0.342. The molecular formula is C14H11FN2O. The van der Waals surface area contributed by atoms with Crippen LogP contribution in [0.5, 0.6) is 0 Å². The first-order valence-electron chi connectivity index (χ1n) is 5.40. The van der Waals surface area contributed by atoms with Gasteiger partial charge in [-0.25, -0.2) is 4.39 Å². The monoisotopic (exact) mass is 242 g/mol. The summed E-state index contributed by atoms with van der Waals surface area (Å²) in [6.45, 7) is 0. The second-order valence-electron chi connectivity index (χ2n) is 3.64. The highest BCUT2D eigenvalue weighted by Crippen LogP contribution is 2.09. The zero-order valence-corrected chi connectivity index (χ0v) is 9.80. The lowest BCUT2D eigenvalue weighted by Crippen LogP contribution is -2.15. The van der Waals surface area contributed by atoms with E-state index in [1.54, 1.807) is 24.5 Å². The predicted molar refractivity (Wildman–Crippen MR) is 67.4 cm³/mol. The van der Waals surface area contributed by atoms with Crippen molar-refractivity contribution in [1.82, 2.24) is 4.98 Å². The number of hydrogen-bond acceptors (Lipinski definition) is 3. The highest BCUT2D eigenvalue weighted by Gasteiger charge is 2.15. The molecule has 2 rings (SSSR count). The first-order chi connectivity index (χ1) is 8.72. The largest absolute Gasteiger partial charge is 0.287 e. The average Bonchev–Trinajstić information content (AvgIpc) is 2.42. The third kappa shape index (κ3) is 2.48. The lowest BCUT2D eigenvalue weighted by atomic mass is 10.0. The van der Waals surface area contributed by atoms with Crippen LogP contribution in [-0.4, -0.2) is 23.5 Å². The third-order valence-corrected chi connectivity index (χ3v) is 2.50. The number of nitrogens with zero attached hydrogens (tertiary/aromatic N) is 2. The molecule has 0 saturated carbocycles. The van der Waals surface area contributed by atoms with Crippen LogP contribution in [0.2, 0.25) is 0 Å². The topological polar surface area (TPSA) is 42.3 Å². The van der Waals surface area contributed by atoms with Crippen LogP contribution < -0.4 is 0 Å². The fourth-order valence-corrected chi connectivity index (χ4v) is 1.61. The molecule has 0 amide bonds. The number of carbonyl (C=O) groups excluding carboxylic acids is 1. The van der Waals surface area contributed by atoms with Gasteiger partial charge < -0.3 is 0 Å². The van der Waals surface area contributed by atoms with E-state index in [9.17, 15) is 9.18 Å². The highest BCUT2D eigenvalue weighted by atomic mass is 19.1. The number of rotatable bonds is 3. The van der Waals surface area contributed by atoms with Crippen LogP contribution in [0.1, 0.15) is 15.9 Å². The molecule has 18 heavy (non-hydrogen) atoms. The molecule has 0 unspecified atom stereocenters. The zero-order valence-electron chi connectivity index (χ0n) is 9.80. The molecule has 1 aromatic carbocycles. The van der Waals surface area contributed by atoms with Crippen molar-refractivity contribution in [2.24, 2.45) is 4.99 Å². The number of aliphatic imine (C=N–C) groups is 1. The fraction of sp³-hybridized carbons (Fsp3) is 0.0714. The van der Waals surface area contributed by atoms with Crippen molar-refractivity contribution in [2.75, 3.05) is 7.05 Å². The Labute approximate surface area is 104 Å². The Morgan fingerprint density at radius 2 is 1.67 bits per heavy atom. The maximum atomic E-state index is 12.8. The third-order valence-electron chi connectivity index (χ3n) is 2.50. The number of ketones is 1. The summed E-state index contributed by atoms with van der Waals surface area (Å²) in [6, 6.07) is 8.93. The molecule has 4 heteroatoms. The van der Waals surface area contributed by atoms with Crippen LogP contribution in [0.25, 0.3) is 0 Å². The zero-order chi connectivity index (χ0) is 13.0. The van der Waals surface area contributed by atoms with Gasteiger partial charge in [0.1, 0.15) is 11.5 Å². The summed E-state index contributed by atoms with van der Waals surface area (Å²) in [6.07, 6.45) is 3.09. The van der Waals surface area contributed by atoms with E-state index in [4.69, 9.17) is 0 Å². The van der Waals surface area contributed by atoms with E-state index in [0.29, 0.717) is 16.8 Å². The summed E-state index contributed by atoms with van der Waals surface area (Å²) >= 11 is 0. The maximum Gasteiger partial charge on any atom is 0.211 e. The maximum absolute atomic E-state index is 12.8. The summed E-state index contributed by atoms with van der Waals surface area (Å²) in [7, 11) is 1.54. The number of pyridine rings is 1. The normalized spacial score (nSPS) is 11.3. The Hall–Kier alpha value is -2.36. The van der Waals surface area contributed by atoms with E-state index in [0.717, 1.165) is 0 Å². The molecular weight excluding hydrogens is 231 g/mol. The van der Waals surface area contributed by atoms with E-state index in [1.807, 2.05) is 0 Å². The molecule has 0 radical (unpaired) electrons. The van der Waals surface area contributed by atoms with E-state index in [1.165, 1.54) is 31.3 Å². The molecule has 0 bridgehead atoms. The molecule has 1 heterocycles. The van der Waals surface area contributed by atoms with Gasteiger partial charge in [0.15, 0.2) is 0 Å². The first-order valence-corrected chi connectivity index (χ1v) is 5.40. The Morgan fingerprint density at radius 3 is 2.22 bits per heavy atom. The highest BCUT2D eigenvalue weighted by molar-refractivity contribution is 6.51. The van der Waals surface area contributed by atoms with Crippen molar-refractivity contribution in [1.29, 1.82) is 0 Å². The second kappa shape index (κ2) is 5.31. The molecule has 0 saturated heterocycles. The number of aromatic nitrogens is 1. The lowest BCUT2D eigenvalue weighted by molar-refractivity contribution is 0.106. The number of benzene rings is 1. The van der Waals surface area contributed by atoms with Crippen molar-refractivity contribution in [2.45, 2.75) is 0 Å². The Balaban J connectivity index is 2.36. The molecule has 3 nitrogen and oxygen atoms in total. The van der Waals surface area contributed by atoms with E-state index >= 15 is 0 Å². The van der Waals surface area contributed by atoms with Crippen LogP contribution in [0.4, 0.5) is 4.39 Å². The summed E-state index contributed by atoms with van der Waals surface area (Å²) in [5.41, 5.74) is 1.41. The van der Waals surface area contributed by atoms with E-state index in [2.05, 4.69) is 9.98 Å². The summed E-state index contributed by atoms with van der Waals surface area (Å²) in [5, 5.41) is 0. The molecule has 0 fully saturated rings. The van der Waals surface area contributed by atoms with Crippen LogP contribution in [-0.2, 0) is 0 Å². The molecule has 90 valence electrons. The summed E-state index contributed by atoms with van der Waals surface area (Å²) in [5.74, 6) is -0.544. The molecule has 0 aliphatic heterocycles. The fourth-order valence-electron chi connectivity index (χ4n) is 1.61. The molecule has 0 spiro atoms. The smallest absolute Gasteiger partial charge is 0.211 e. The minimum Gasteiger partial charge on any atom is -0.287 e. The van der Waals surface area contributed by atoms with Gasteiger partial charge in [-0.15, -0.1) is 0 Å². The van der Waals surface area contributed by atoms with Crippen LogP contribution in [0.15, 0.2) is 53.8 Å². The van der Waals surface area contributed by atoms with Gasteiger partial charge in [0.2, 0.25) is 5.78 Å². The van der Waals surface area contributed by atoms with Gasteiger partial charge in [-0.3, -0.25) is 14.8 Å². The number of Topliss-reactive ketones (excluding diaryl/α,β-unsaturated/α-hetero) is 1. The van der Waals surface area contributed by atoms with E-state index < -0.39 is 0 Å². The van der Waals surface area contributed by atoms with Crippen molar-refractivity contribution in [3.05, 3.63) is 65.7 Å². The molecule has 0 aliphatic rings. The lowest BCUT2D eigenvalue weighted by Gasteiger charge is -2.05. The average molecular weight is 242 g/mol. The molecule has 0 atom stereocenters. The van der Waals surface area contributed by atoms with Crippen molar-refractivity contribution in [3.8, 4) is 0 Å². The van der Waals surface area contributed by atoms with Gasteiger partial charge in [-0.2, -0.15) is 0 Å². The van der Waals surface area contributed by atoms with Crippen LogP contribution in [0, 0.1) is 5.82 Å².